The number of oxime groups is 2. The molecule has 0 amide bonds. The van der Waals surface area contributed by atoms with Gasteiger partial charge in [0.05, 0.1) is 11.4 Å². The summed E-state index contributed by atoms with van der Waals surface area (Å²) in [6.45, 7) is 4.56. The van der Waals surface area contributed by atoms with E-state index in [-0.39, 0.29) is 5.41 Å². The Balaban J connectivity index is 1.30. The van der Waals surface area contributed by atoms with Crippen LogP contribution < -0.4 is 31.1 Å². The molecule has 0 saturated heterocycles. The smallest absolute Gasteiger partial charge is 0.380 e. The van der Waals surface area contributed by atoms with E-state index in [1.54, 1.807) is 0 Å². The molecule has 0 unspecified atom stereocenters. The first-order chi connectivity index (χ1) is 24.5. The highest BCUT2D eigenvalue weighted by Crippen LogP contribution is 2.33. The third-order valence-electron chi connectivity index (χ3n) is 9.48. The summed E-state index contributed by atoms with van der Waals surface area (Å²) >= 11 is 0. The van der Waals surface area contributed by atoms with Crippen molar-refractivity contribution < 1.29 is 9.05 Å². The molecule has 0 bridgehead atoms. The quantitative estimate of drug-likeness (QED) is 0.0969. The summed E-state index contributed by atoms with van der Waals surface area (Å²) in [5.41, 5.74) is 1.89. The first-order valence-electron chi connectivity index (χ1n) is 17.3. The molecule has 1 fully saturated rings. The molecule has 0 heterocycles. The first kappa shape index (κ1) is 33.2. The minimum Gasteiger partial charge on any atom is -0.438 e. The molecule has 248 valence electrons. The largest absolute Gasteiger partial charge is 0.438 e. The highest BCUT2D eigenvalue weighted by Gasteiger charge is 2.47. The molecule has 0 atom stereocenters. The lowest BCUT2D eigenvalue weighted by atomic mass is 9.75. The van der Waals surface area contributed by atoms with Gasteiger partial charge in [-0.3, -0.25) is 0 Å². The van der Waals surface area contributed by atoms with Gasteiger partial charge in [0.15, 0.2) is 0 Å². The molecular formula is C44H42N2O2Si2. The second-order valence-electron chi connectivity index (χ2n) is 13.8. The van der Waals surface area contributed by atoms with Crippen molar-refractivity contribution in [2.75, 3.05) is 0 Å². The van der Waals surface area contributed by atoms with Gasteiger partial charge in [-0.25, -0.2) is 0 Å². The van der Waals surface area contributed by atoms with Crippen LogP contribution in [0.15, 0.2) is 192 Å². The maximum absolute atomic E-state index is 7.06. The third kappa shape index (κ3) is 6.77. The van der Waals surface area contributed by atoms with Crippen LogP contribution in [0, 0.1) is 5.41 Å². The van der Waals surface area contributed by atoms with Crippen molar-refractivity contribution in [3.05, 3.63) is 182 Å². The van der Waals surface area contributed by atoms with E-state index in [1.165, 1.54) is 0 Å². The molecule has 6 heteroatoms. The van der Waals surface area contributed by atoms with Crippen molar-refractivity contribution >= 4 is 59.2 Å². The normalized spacial score (nSPS) is 16.2. The summed E-state index contributed by atoms with van der Waals surface area (Å²) in [7, 11) is -6.02. The summed E-state index contributed by atoms with van der Waals surface area (Å²) in [6.07, 6.45) is 2.22. The van der Waals surface area contributed by atoms with E-state index in [2.05, 4.69) is 196 Å². The van der Waals surface area contributed by atoms with Gasteiger partial charge in [0.25, 0.3) is 0 Å². The SMILES string of the molecule is CC1(C)CC(=NO[Si](c2ccccc2)(c2ccccc2)c2ccccc2)CC(=NO[Si](c2ccccc2)(c2ccccc2)c2ccccc2)C1. The van der Waals surface area contributed by atoms with Gasteiger partial charge in [0, 0.05) is 6.42 Å². The van der Waals surface area contributed by atoms with Crippen LogP contribution in [0.5, 0.6) is 0 Å². The van der Waals surface area contributed by atoms with Gasteiger partial charge in [0.2, 0.25) is 0 Å². The van der Waals surface area contributed by atoms with E-state index in [4.69, 9.17) is 19.4 Å². The molecule has 1 saturated carbocycles. The van der Waals surface area contributed by atoms with Crippen molar-refractivity contribution in [2.45, 2.75) is 33.1 Å². The van der Waals surface area contributed by atoms with E-state index < -0.39 is 16.6 Å². The molecule has 0 spiro atoms. The molecule has 0 N–H and O–H groups in total. The number of rotatable bonds is 10. The van der Waals surface area contributed by atoms with Crippen LogP contribution in [0.4, 0.5) is 0 Å². The number of hydrogen-bond acceptors (Lipinski definition) is 4. The first-order valence-corrected chi connectivity index (χ1v) is 21.1. The number of nitrogens with zero attached hydrogens (tertiary/aromatic N) is 2. The Kier molecular flexibility index (Phi) is 9.74. The lowest BCUT2D eigenvalue weighted by molar-refractivity contribution is 0.319. The van der Waals surface area contributed by atoms with Crippen molar-refractivity contribution in [3.8, 4) is 0 Å². The molecule has 1 aliphatic rings. The van der Waals surface area contributed by atoms with Crippen molar-refractivity contribution in [2.24, 2.45) is 15.7 Å². The van der Waals surface area contributed by atoms with Gasteiger partial charge in [-0.2, -0.15) is 0 Å². The van der Waals surface area contributed by atoms with Crippen LogP contribution in [0.2, 0.25) is 0 Å². The topological polar surface area (TPSA) is 43.2 Å². The zero-order valence-corrected chi connectivity index (χ0v) is 30.7. The van der Waals surface area contributed by atoms with Gasteiger partial charge in [-0.05, 0) is 49.4 Å². The maximum Gasteiger partial charge on any atom is 0.380 e. The fraction of sp³-hybridized carbons (Fsp3) is 0.136. The van der Waals surface area contributed by atoms with Crippen LogP contribution in [0.3, 0.4) is 0 Å². The molecule has 6 aromatic rings. The second-order valence-corrected chi connectivity index (χ2v) is 20.3. The van der Waals surface area contributed by atoms with Gasteiger partial charge in [0.1, 0.15) is 0 Å². The summed E-state index contributed by atoms with van der Waals surface area (Å²) in [5, 5.41) is 17.1. The van der Waals surface area contributed by atoms with E-state index in [9.17, 15) is 0 Å². The molecule has 7 rings (SSSR count). The molecule has 0 aliphatic heterocycles. The zero-order chi connectivity index (χ0) is 34.3. The molecule has 50 heavy (non-hydrogen) atoms. The Bertz CT molecular complexity index is 1700. The highest BCUT2D eigenvalue weighted by atomic mass is 28.4. The molecule has 6 aromatic carbocycles. The van der Waals surface area contributed by atoms with Gasteiger partial charge < -0.3 is 9.05 Å². The summed E-state index contributed by atoms with van der Waals surface area (Å²) < 4.78 is 14.1. The molecule has 4 nitrogen and oxygen atoms in total. The Hall–Kier alpha value is -5.31. The Morgan fingerprint density at radius 1 is 0.380 bits per heavy atom. The summed E-state index contributed by atoms with van der Waals surface area (Å²) in [6, 6.07) is 63.6. The number of hydrogen-bond donors (Lipinski definition) is 0. The van der Waals surface area contributed by atoms with Gasteiger partial charge in [-0.15, -0.1) is 10.3 Å². The van der Waals surface area contributed by atoms with Crippen molar-refractivity contribution in [1.82, 2.24) is 0 Å². The minimum absolute atomic E-state index is 0.0739. The Morgan fingerprint density at radius 3 is 0.820 bits per heavy atom. The number of benzene rings is 6. The predicted octanol–water partition coefficient (Wildman–Crippen LogP) is 6.28. The molecule has 0 radical (unpaired) electrons. The Morgan fingerprint density at radius 2 is 0.600 bits per heavy atom. The maximum atomic E-state index is 7.06. The monoisotopic (exact) mass is 686 g/mol. The lowest BCUT2D eigenvalue weighted by Crippen LogP contribution is -2.68. The standard InChI is InChI=1S/C44H42N2O2Si2/c1-44(2)34-36(45-47-49(38-21-9-3-10-22-38,39-23-11-4-12-24-39)40-25-13-5-14-26-40)33-37(35-44)46-48-50(41-27-15-6-16-28-41,42-29-17-7-18-30-42)43-31-19-8-20-32-43/h3-32H,33-35H2,1-2H3. The molecule has 0 aromatic heterocycles. The third-order valence-corrected chi connectivity index (χ3v) is 17.1. The van der Waals surface area contributed by atoms with Crippen LogP contribution in [-0.4, -0.2) is 28.1 Å². The lowest BCUT2D eigenvalue weighted by Gasteiger charge is -2.34. The van der Waals surface area contributed by atoms with E-state index in [0.717, 1.165) is 55.4 Å². The second kappa shape index (κ2) is 14.7. The van der Waals surface area contributed by atoms with Crippen LogP contribution in [-0.2, 0) is 9.05 Å². The van der Waals surface area contributed by atoms with Crippen LogP contribution in [0.1, 0.15) is 33.1 Å². The zero-order valence-electron chi connectivity index (χ0n) is 28.7. The van der Waals surface area contributed by atoms with Crippen molar-refractivity contribution in [3.63, 3.8) is 0 Å². The fourth-order valence-electron chi connectivity index (χ4n) is 7.28. The van der Waals surface area contributed by atoms with Gasteiger partial charge in [-0.1, -0.05) is 196 Å². The van der Waals surface area contributed by atoms with E-state index >= 15 is 0 Å². The average Bonchev–Trinajstić information content (AvgIpc) is 3.17. The molecular weight excluding hydrogens is 645 g/mol. The van der Waals surface area contributed by atoms with Crippen molar-refractivity contribution in [1.29, 1.82) is 0 Å². The summed E-state index contributed by atoms with van der Waals surface area (Å²) in [4.78, 5) is 0. The van der Waals surface area contributed by atoms with Gasteiger partial charge >= 0.3 is 16.6 Å². The van der Waals surface area contributed by atoms with E-state index in [0.29, 0.717) is 6.42 Å². The van der Waals surface area contributed by atoms with Crippen LogP contribution >= 0.6 is 0 Å². The minimum atomic E-state index is -3.01. The highest BCUT2D eigenvalue weighted by molar-refractivity contribution is 7.07. The Labute approximate surface area is 298 Å². The summed E-state index contributed by atoms with van der Waals surface area (Å²) in [5.74, 6) is 0. The van der Waals surface area contributed by atoms with E-state index in [1.807, 2.05) is 0 Å². The fourth-order valence-corrected chi connectivity index (χ4v) is 14.4. The van der Waals surface area contributed by atoms with Crippen LogP contribution in [0.25, 0.3) is 0 Å². The average molecular weight is 687 g/mol. The predicted molar refractivity (Wildman–Crippen MR) is 213 cm³/mol. The molecule has 1 aliphatic carbocycles.